The van der Waals surface area contributed by atoms with E-state index in [-0.39, 0.29) is 5.91 Å². The lowest BCUT2D eigenvalue weighted by molar-refractivity contribution is 0.0946. The summed E-state index contributed by atoms with van der Waals surface area (Å²) in [5.74, 6) is 1.08. The highest BCUT2D eigenvalue weighted by Gasteiger charge is 2.06. The molecule has 144 valence electrons. The Kier molecular flexibility index (Phi) is 6.97. The molecule has 0 saturated carbocycles. The Morgan fingerprint density at radius 3 is 2.54 bits per heavy atom. The summed E-state index contributed by atoms with van der Waals surface area (Å²) in [6, 6.07) is 18.5. The van der Waals surface area contributed by atoms with Crippen LogP contribution in [0.5, 0.6) is 11.6 Å². The van der Waals surface area contributed by atoms with Gasteiger partial charge in [-0.2, -0.15) is 0 Å². The van der Waals surface area contributed by atoms with Crippen LogP contribution >= 0.6 is 15.9 Å². The number of carbonyl (C=O) groups is 1. The van der Waals surface area contributed by atoms with Crippen molar-refractivity contribution in [3.8, 4) is 22.9 Å². The molecular formula is C21H20BrN3O3. The highest BCUT2D eigenvalue weighted by atomic mass is 79.9. The lowest BCUT2D eigenvalue weighted by atomic mass is 10.1. The first kappa shape index (κ1) is 19.8. The second kappa shape index (κ2) is 9.85. The third-order valence-electron chi connectivity index (χ3n) is 3.83. The summed E-state index contributed by atoms with van der Waals surface area (Å²) in [4.78, 5) is 12.1. The Balaban J connectivity index is 1.47. The quantitative estimate of drug-likeness (QED) is 0.532. The zero-order chi connectivity index (χ0) is 19.8. The van der Waals surface area contributed by atoms with E-state index in [1.54, 1.807) is 18.2 Å². The van der Waals surface area contributed by atoms with Gasteiger partial charge in [0, 0.05) is 21.7 Å². The van der Waals surface area contributed by atoms with E-state index in [2.05, 4.69) is 31.4 Å². The fourth-order valence-corrected chi connectivity index (χ4v) is 2.89. The minimum atomic E-state index is -0.151. The van der Waals surface area contributed by atoms with Gasteiger partial charge in [-0.05, 0) is 55.5 Å². The smallest absolute Gasteiger partial charge is 0.251 e. The van der Waals surface area contributed by atoms with E-state index in [4.69, 9.17) is 9.47 Å². The van der Waals surface area contributed by atoms with Gasteiger partial charge in [0.1, 0.15) is 12.4 Å². The fraction of sp³-hybridized carbons (Fsp3) is 0.190. The molecule has 3 aromatic rings. The van der Waals surface area contributed by atoms with Crippen LogP contribution in [-0.4, -0.2) is 35.9 Å². The topological polar surface area (TPSA) is 73.3 Å². The summed E-state index contributed by atoms with van der Waals surface area (Å²) in [5, 5.41) is 11.1. The number of nitrogens with zero attached hydrogens (tertiary/aromatic N) is 2. The van der Waals surface area contributed by atoms with E-state index in [9.17, 15) is 4.79 Å². The van der Waals surface area contributed by atoms with Crippen molar-refractivity contribution in [2.75, 3.05) is 19.8 Å². The molecule has 0 spiro atoms. The van der Waals surface area contributed by atoms with Gasteiger partial charge in [0.2, 0.25) is 5.88 Å². The number of hydrogen-bond donors (Lipinski definition) is 1. The van der Waals surface area contributed by atoms with E-state index in [1.165, 1.54) is 0 Å². The zero-order valence-corrected chi connectivity index (χ0v) is 17.0. The van der Waals surface area contributed by atoms with Crippen LogP contribution in [0.3, 0.4) is 0 Å². The van der Waals surface area contributed by atoms with Gasteiger partial charge in [-0.15, -0.1) is 10.2 Å². The molecule has 0 atom stereocenters. The van der Waals surface area contributed by atoms with E-state index < -0.39 is 0 Å². The molecule has 0 bridgehead atoms. The van der Waals surface area contributed by atoms with Crippen LogP contribution < -0.4 is 14.8 Å². The number of hydrogen-bond acceptors (Lipinski definition) is 5. The largest absolute Gasteiger partial charge is 0.494 e. The molecule has 1 heterocycles. The van der Waals surface area contributed by atoms with Crippen LogP contribution in [0.2, 0.25) is 0 Å². The second-order valence-corrected chi connectivity index (χ2v) is 6.74. The van der Waals surface area contributed by atoms with Crippen molar-refractivity contribution in [2.24, 2.45) is 0 Å². The number of carbonyl (C=O) groups excluding carboxylic acids is 1. The fourth-order valence-electron chi connectivity index (χ4n) is 2.49. The van der Waals surface area contributed by atoms with Gasteiger partial charge in [0.25, 0.3) is 5.91 Å². The molecule has 0 aliphatic rings. The predicted molar refractivity (Wildman–Crippen MR) is 111 cm³/mol. The van der Waals surface area contributed by atoms with Crippen molar-refractivity contribution in [1.82, 2.24) is 15.5 Å². The first-order valence-electron chi connectivity index (χ1n) is 8.89. The second-order valence-electron chi connectivity index (χ2n) is 5.83. The summed E-state index contributed by atoms with van der Waals surface area (Å²) in [6.45, 7) is 3.25. The molecule has 0 aliphatic heterocycles. The summed E-state index contributed by atoms with van der Waals surface area (Å²) >= 11 is 3.35. The van der Waals surface area contributed by atoms with Crippen LogP contribution in [-0.2, 0) is 0 Å². The van der Waals surface area contributed by atoms with Crippen molar-refractivity contribution >= 4 is 21.8 Å². The normalized spacial score (nSPS) is 10.4. The minimum absolute atomic E-state index is 0.151. The van der Waals surface area contributed by atoms with Gasteiger partial charge < -0.3 is 14.8 Å². The summed E-state index contributed by atoms with van der Waals surface area (Å²) in [6.07, 6.45) is 0. The number of amides is 1. The molecule has 1 aromatic heterocycles. The molecule has 6 nitrogen and oxygen atoms in total. The number of rotatable bonds is 8. The van der Waals surface area contributed by atoms with Crippen LogP contribution in [0.4, 0.5) is 0 Å². The summed E-state index contributed by atoms with van der Waals surface area (Å²) in [7, 11) is 0. The van der Waals surface area contributed by atoms with Crippen molar-refractivity contribution in [1.29, 1.82) is 0 Å². The number of nitrogens with one attached hydrogen (secondary N) is 1. The van der Waals surface area contributed by atoms with Crippen molar-refractivity contribution in [3.05, 3.63) is 70.7 Å². The molecule has 0 fully saturated rings. The van der Waals surface area contributed by atoms with Crippen molar-refractivity contribution in [2.45, 2.75) is 6.92 Å². The number of halogens is 1. The zero-order valence-electron chi connectivity index (χ0n) is 15.4. The predicted octanol–water partition coefficient (Wildman–Crippen LogP) is 4.11. The molecule has 2 aromatic carbocycles. The Bertz CT molecular complexity index is 915. The van der Waals surface area contributed by atoms with E-state index >= 15 is 0 Å². The van der Waals surface area contributed by atoms with Gasteiger partial charge in [0.15, 0.2) is 0 Å². The van der Waals surface area contributed by atoms with Crippen LogP contribution in [0.25, 0.3) is 11.3 Å². The monoisotopic (exact) mass is 441 g/mol. The maximum absolute atomic E-state index is 12.1. The van der Waals surface area contributed by atoms with Gasteiger partial charge >= 0.3 is 0 Å². The molecule has 1 amide bonds. The molecule has 1 N–H and O–H groups in total. The Labute approximate surface area is 172 Å². The molecule has 0 unspecified atom stereocenters. The van der Waals surface area contributed by atoms with Crippen molar-refractivity contribution < 1.29 is 14.3 Å². The molecule has 28 heavy (non-hydrogen) atoms. The SMILES string of the molecule is CCOc1ccc(-c2ccc(OCCNC(=O)c3cccc(Br)c3)nn2)cc1. The van der Waals surface area contributed by atoms with E-state index in [0.717, 1.165) is 21.5 Å². The standard InChI is InChI=1S/C21H20BrN3O3/c1-2-27-18-8-6-15(7-9-18)19-10-11-20(25-24-19)28-13-12-23-21(26)16-4-3-5-17(22)14-16/h3-11,14H,2,12-13H2,1H3,(H,23,26). The molecule has 7 heteroatoms. The highest BCUT2D eigenvalue weighted by molar-refractivity contribution is 9.10. The van der Waals surface area contributed by atoms with Gasteiger partial charge in [-0.3, -0.25) is 4.79 Å². The summed E-state index contributed by atoms with van der Waals surface area (Å²) < 4.78 is 11.8. The third-order valence-corrected chi connectivity index (χ3v) is 4.32. The average molecular weight is 442 g/mol. The molecule has 0 aliphatic carbocycles. The van der Waals surface area contributed by atoms with E-state index in [1.807, 2.05) is 49.4 Å². The lowest BCUT2D eigenvalue weighted by Crippen LogP contribution is -2.28. The Hall–Kier alpha value is -2.93. The van der Waals surface area contributed by atoms with Crippen LogP contribution in [0, 0.1) is 0 Å². The van der Waals surface area contributed by atoms with E-state index in [0.29, 0.717) is 31.2 Å². The number of benzene rings is 2. The summed E-state index contributed by atoms with van der Waals surface area (Å²) in [5.41, 5.74) is 2.29. The molecule has 3 rings (SSSR count). The average Bonchev–Trinajstić information content (AvgIpc) is 2.72. The maximum atomic E-state index is 12.1. The Morgan fingerprint density at radius 1 is 1.04 bits per heavy atom. The van der Waals surface area contributed by atoms with Crippen LogP contribution in [0.1, 0.15) is 17.3 Å². The van der Waals surface area contributed by atoms with Crippen molar-refractivity contribution in [3.63, 3.8) is 0 Å². The first-order valence-corrected chi connectivity index (χ1v) is 9.68. The van der Waals surface area contributed by atoms with Crippen LogP contribution in [0.15, 0.2) is 65.1 Å². The number of aromatic nitrogens is 2. The minimum Gasteiger partial charge on any atom is -0.494 e. The number of ether oxygens (including phenoxy) is 2. The van der Waals surface area contributed by atoms with Gasteiger partial charge in [-0.1, -0.05) is 22.0 Å². The third kappa shape index (κ3) is 5.53. The molecule has 0 radical (unpaired) electrons. The highest BCUT2D eigenvalue weighted by Crippen LogP contribution is 2.21. The molecule has 0 saturated heterocycles. The maximum Gasteiger partial charge on any atom is 0.251 e. The Morgan fingerprint density at radius 2 is 1.86 bits per heavy atom. The molecular weight excluding hydrogens is 422 g/mol. The lowest BCUT2D eigenvalue weighted by Gasteiger charge is -2.08. The first-order chi connectivity index (χ1) is 13.7. The van der Waals surface area contributed by atoms with Gasteiger partial charge in [-0.25, -0.2) is 0 Å². The van der Waals surface area contributed by atoms with Gasteiger partial charge in [0.05, 0.1) is 18.8 Å².